The molecule has 0 spiro atoms. The monoisotopic (exact) mass is 281 g/mol. The van der Waals surface area contributed by atoms with Crippen molar-refractivity contribution in [3.8, 4) is 5.75 Å². The summed E-state index contributed by atoms with van der Waals surface area (Å²) in [6.07, 6.45) is 0. The molecule has 2 aromatic carbocycles. The van der Waals surface area contributed by atoms with E-state index in [1.165, 1.54) is 0 Å². The van der Waals surface area contributed by atoms with Gasteiger partial charge in [0, 0.05) is 17.5 Å². The van der Waals surface area contributed by atoms with Crippen LogP contribution in [0.25, 0.3) is 11.0 Å². The van der Waals surface area contributed by atoms with Crippen LogP contribution in [0.2, 0.25) is 0 Å². The zero-order valence-corrected chi connectivity index (χ0v) is 11.6. The van der Waals surface area contributed by atoms with E-state index >= 15 is 0 Å². The number of hydrogen-bond donors (Lipinski definition) is 2. The van der Waals surface area contributed by atoms with Crippen LogP contribution in [0.4, 0.5) is 0 Å². The Hall–Kier alpha value is -2.75. The normalized spacial score (nSPS) is 10.7. The average Bonchev–Trinajstić information content (AvgIpc) is 2.89. The van der Waals surface area contributed by atoms with E-state index in [1.807, 2.05) is 31.2 Å². The third-order valence-electron chi connectivity index (χ3n) is 3.33. The summed E-state index contributed by atoms with van der Waals surface area (Å²) in [5.74, 6) is 0.135. The fraction of sp³-hybridized carbons (Fsp3) is 0.118. The van der Waals surface area contributed by atoms with Gasteiger partial charge in [-0.15, -0.1) is 0 Å². The molecule has 0 saturated carbocycles. The summed E-state index contributed by atoms with van der Waals surface area (Å²) >= 11 is 0. The van der Waals surface area contributed by atoms with Gasteiger partial charge in [0.05, 0.1) is 0 Å². The van der Waals surface area contributed by atoms with Gasteiger partial charge in [0.25, 0.3) is 5.91 Å². The highest BCUT2D eigenvalue weighted by atomic mass is 16.3. The van der Waals surface area contributed by atoms with Gasteiger partial charge in [0.1, 0.15) is 11.3 Å². The van der Waals surface area contributed by atoms with Gasteiger partial charge in [-0.2, -0.15) is 0 Å². The van der Waals surface area contributed by atoms with Crippen molar-refractivity contribution in [1.82, 2.24) is 5.32 Å². The topological polar surface area (TPSA) is 62.5 Å². The lowest BCUT2D eigenvalue weighted by atomic mass is 10.2. The molecule has 0 atom stereocenters. The van der Waals surface area contributed by atoms with Crippen molar-refractivity contribution in [2.45, 2.75) is 13.5 Å². The van der Waals surface area contributed by atoms with Crippen molar-refractivity contribution in [3.05, 3.63) is 65.4 Å². The number of phenols is 1. The van der Waals surface area contributed by atoms with Crippen molar-refractivity contribution in [1.29, 1.82) is 0 Å². The summed E-state index contributed by atoms with van der Waals surface area (Å²) in [6.45, 7) is 2.24. The smallest absolute Gasteiger partial charge is 0.287 e. The fourth-order valence-electron chi connectivity index (χ4n) is 2.20. The fourth-order valence-corrected chi connectivity index (χ4v) is 2.20. The van der Waals surface area contributed by atoms with E-state index in [9.17, 15) is 9.90 Å². The van der Waals surface area contributed by atoms with Crippen molar-refractivity contribution >= 4 is 16.9 Å². The van der Waals surface area contributed by atoms with Crippen LogP contribution >= 0.6 is 0 Å². The third kappa shape index (κ3) is 2.74. The molecule has 0 aliphatic rings. The van der Waals surface area contributed by atoms with E-state index in [0.29, 0.717) is 11.1 Å². The largest absolute Gasteiger partial charge is 0.508 e. The highest BCUT2D eigenvalue weighted by Crippen LogP contribution is 2.21. The number of furan rings is 1. The Morgan fingerprint density at radius 1 is 1.19 bits per heavy atom. The minimum Gasteiger partial charge on any atom is -0.508 e. The number of aromatic hydroxyl groups is 1. The van der Waals surface area contributed by atoms with Crippen molar-refractivity contribution in [2.75, 3.05) is 0 Å². The number of para-hydroxylation sites is 1. The maximum atomic E-state index is 12.1. The van der Waals surface area contributed by atoms with Crippen LogP contribution in [0.3, 0.4) is 0 Å². The Morgan fingerprint density at radius 3 is 2.81 bits per heavy atom. The van der Waals surface area contributed by atoms with Crippen LogP contribution in [0.15, 0.2) is 52.9 Å². The predicted octanol–water partition coefficient (Wildman–Crippen LogP) is 3.38. The summed E-state index contributed by atoms with van der Waals surface area (Å²) in [4.78, 5) is 12.1. The molecular formula is C17H15NO3. The first kappa shape index (κ1) is 13.2. The molecule has 0 unspecified atom stereocenters. The SMILES string of the molecule is Cc1ccc2oc(C(=O)NCc3ccccc3O)cc2c1. The number of carbonyl (C=O) groups is 1. The van der Waals surface area contributed by atoms with Crippen molar-refractivity contribution in [3.63, 3.8) is 0 Å². The first-order valence-corrected chi connectivity index (χ1v) is 6.69. The number of nitrogens with one attached hydrogen (secondary N) is 1. The summed E-state index contributed by atoms with van der Waals surface area (Å²) in [5.41, 5.74) is 2.47. The van der Waals surface area contributed by atoms with Gasteiger partial charge in [-0.1, -0.05) is 29.8 Å². The van der Waals surface area contributed by atoms with Crippen LogP contribution in [-0.2, 0) is 6.54 Å². The van der Waals surface area contributed by atoms with Crippen LogP contribution in [0.1, 0.15) is 21.7 Å². The molecule has 2 N–H and O–H groups in total. The van der Waals surface area contributed by atoms with Gasteiger partial charge in [-0.3, -0.25) is 4.79 Å². The van der Waals surface area contributed by atoms with Gasteiger partial charge >= 0.3 is 0 Å². The molecule has 3 rings (SSSR count). The maximum absolute atomic E-state index is 12.1. The number of rotatable bonds is 3. The molecular weight excluding hydrogens is 266 g/mol. The summed E-state index contributed by atoms with van der Waals surface area (Å²) in [6, 6.07) is 14.4. The predicted molar refractivity (Wildman–Crippen MR) is 80.2 cm³/mol. The molecule has 1 amide bonds. The van der Waals surface area contributed by atoms with Gasteiger partial charge in [-0.25, -0.2) is 0 Å². The molecule has 0 aliphatic carbocycles. The lowest BCUT2D eigenvalue weighted by molar-refractivity contribution is 0.0925. The minimum absolute atomic E-state index is 0.165. The standard InChI is InChI=1S/C17H15NO3/c1-11-6-7-15-13(8-11)9-16(21-15)17(20)18-10-12-4-2-3-5-14(12)19/h2-9,19H,10H2,1H3,(H,18,20). The lowest BCUT2D eigenvalue weighted by Gasteiger charge is -2.05. The van der Waals surface area contributed by atoms with Gasteiger partial charge in [0.15, 0.2) is 5.76 Å². The van der Waals surface area contributed by atoms with E-state index in [1.54, 1.807) is 24.3 Å². The molecule has 3 aromatic rings. The molecule has 4 nitrogen and oxygen atoms in total. The number of amides is 1. The first-order chi connectivity index (χ1) is 10.1. The van der Waals surface area contributed by atoms with Gasteiger partial charge in [-0.05, 0) is 31.2 Å². The second kappa shape index (κ2) is 5.32. The van der Waals surface area contributed by atoms with Crippen LogP contribution in [0, 0.1) is 6.92 Å². The van der Waals surface area contributed by atoms with Crippen LogP contribution in [0.5, 0.6) is 5.75 Å². The second-order valence-corrected chi connectivity index (χ2v) is 4.96. The molecule has 21 heavy (non-hydrogen) atoms. The number of benzene rings is 2. The van der Waals surface area contributed by atoms with E-state index in [2.05, 4.69) is 5.32 Å². The van der Waals surface area contributed by atoms with E-state index in [0.717, 1.165) is 10.9 Å². The Bertz CT molecular complexity index is 805. The molecule has 1 aromatic heterocycles. The molecule has 0 aliphatic heterocycles. The molecule has 0 bridgehead atoms. The summed E-state index contributed by atoms with van der Waals surface area (Å²) in [7, 11) is 0. The van der Waals surface area contributed by atoms with E-state index in [4.69, 9.17) is 4.42 Å². The van der Waals surface area contributed by atoms with Crippen molar-refractivity contribution < 1.29 is 14.3 Å². The van der Waals surface area contributed by atoms with E-state index in [-0.39, 0.29) is 24.0 Å². The zero-order valence-electron chi connectivity index (χ0n) is 11.6. The Balaban J connectivity index is 1.76. The summed E-state index contributed by atoms with van der Waals surface area (Å²) < 4.78 is 5.53. The number of hydrogen-bond acceptors (Lipinski definition) is 3. The Labute approximate surface area is 122 Å². The maximum Gasteiger partial charge on any atom is 0.287 e. The molecule has 106 valence electrons. The number of aryl methyl sites for hydroxylation is 1. The number of carbonyl (C=O) groups excluding carboxylic acids is 1. The molecule has 4 heteroatoms. The molecule has 1 heterocycles. The first-order valence-electron chi connectivity index (χ1n) is 6.69. The third-order valence-corrected chi connectivity index (χ3v) is 3.33. The van der Waals surface area contributed by atoms with E-state index < -0.39 is 0 Å². The minimum atomic E-state index is -0.299. The Morgan fingerprint density at radius 2 is 2.00 bits per heavy atom. The molecule has 0 radical (unpaired) electrons. The van der Waals surface area contributed by atoms with Crippen molar-refractivity contribution in [2.24, 2.45) is 0 Å². The highest BCUT2D eigenvalue weighted by molar-refractivity contribution is 5.96. The quantitative estimate of drug-likeness (QED) is 0.773. The Kier molecular flexibility index (Phi) is 3.36. The van der Waals surface area contributed by atoms with Crippen LogP contribution in [-0.4, -0.2) is 11.0 Å². The van der Waals surface area contributed by atoms with Gasteiger partial charge < -0.3 is 14.8 Å². The lowest BCUT2D eigenvalue weighted by Crippen LogP contribution is -2.22. The summed E-state index contributed by atoms with van der Waals surface area (Å²) in [5, 5.41) is 13.3. The zero-order chi connectivity index (χ0) is 14.8. The second-order valence-electron chi connectivity index (χ2n) is 4.96. The number of phenolic OH excluding ortho intramolecular Hbond substituents is 1. The molecule has 0 fully saturated rings. The number of fused-ring (bicyclic) bond motifs is 1. The van der Waals surface area contributed by atoms with Gasteiger partial charge in [0.2, 0.25) is 0 Å². The molecule has 0 saturated heterocycles. The van der Waals surface area contributed by atoms with Crippen LogP contribution < -0.4 is 5.32 Å². The highest BCUT2D eigenvalue weighted by Gasteiger charge is 2.12. The average molecular weight is 281 g/mol.